The Balaban J connectivity index is 3.90. The first-order valence-corrected chi connectivity index (χ1v) is 7.15. The van der Waals surface area contributed by atoms with E-state index in [4.69, 9.17) is 5.11 Å². The Labute approximate surface area is 116 Å². The van der Waals surface area contributed by atoms with Gasteiger partial charge in [-0.3, -0.25) is 9.59 Å². The molecule has 0 aliphatic heterocycles. The van der Waals surface area contributed by atoms with Crippen molar-refractivity contribution in [2.45, 2.75) is 46.0 Å². The molecule has 0 rings (SSSR count). The molecule has 0 heterocycles. The van der Waals surface area contributed by atoms with Gasteiger partial charge in [-0.15, -0.1) is 0 Å². The maximum Gasteiger partial charge on any atom is 0.303 e. The Morgan fingerprint density at radius 3 is 2.42 bits per heavy atom. The van der Waals surface area contributed by atoms with E-state index in [1.54, 1.807) is 0 Å². The quantitative estimate of drug-likeness (QED) is 0.534. The van der Waals surface area contributed by atoms with E-state index in [-0.39, 0.29) is 18.2 Å². The highest BCUT2D eigenvalue weighted by Gasteiger charge is 2.13. The first kappa shape index (κ1) is 17.9. The summed E-state index contributed by atoms with van der Waals surface area (Å²) in [6.07, 6.45) is 3.85. The number of rotatable bonds is 11. The van der Waals surface area contributed by atoms with Crippen molar-refractivity contribution in [2.75, 3.05) is 20.1 Å². The van der Waals surface area contributed by atoms with Crippen LogP contribution in [0.15, 0.2) is 0 Å². The monoisotopic (exact) mass is 272 g/mol. The van der Waals surface area contributed by atoms with E-state index < -0.39 is 5.97 Å². The number of hydrogen-bond acceptors (Lipinski definition) is 3. The predicted molar refractivity (Wildman–Crippen MR) is 76.0 cm³/mol. The third-order valence-corrected chi connectivity index (χ3v) is 3.27. The number of aliphatic carboxylic acids is 1. The number of carboxylic acid groups (broad SMARTS) is 1. The number of carboxylic acids is 1. The Hall–Kier alpha value is -1.10. The number of hydrogen-bond donors (Lipinski definition) is 3. The smallest absolute Gasteiger partial charge is 0.303 e. The van der Waals surface area contributed by atoms with Gasteiger partial charge in [-0.05, 0) is 25.8 Å². The molecule has 1 amide bonds. The van der Waals surface area contributed by atoms with Crippen molar-refractivity contribution in [1.29, 1.82) is 0 Å². The third-order valence-electron chi connectivity index (χ3n) is 3.27. The SMILES string of the molecule is CCCC(CCNC(=O)C(C)CNC)CCC(=O)O. The van der Waals surface area contributed by atoms with Crippen molar-refractivity contribution >= 4 is 11.9 Å². The van der Waals surface area contributed by atoms with Crippen molar-refractivity contribution < 1.29 is 14.7 Å². The van der Waals surface area contributed by atoms with Crippen LogP contribution in [0.25, 0.3) is 0 Å². The minimum atomic E-state index is -0.743. The van der Waals surface area contributed by atoms with Crippen LogP contribution in [-0.2, 0) is 9.59 Å². The molecule has 0 aromatic rings. The number of carbonyl (C=O) groups excluding carboxylic acids is 1. The lowest BCUT2D eigenvalue weighted by Crippen LogP contribution is -2.35. The van der Waals surface area contributed by atoms with Gasteiger partial charge in [0.1, 0.15) is 0 Å². The van der Waals surface area contributed by atoms with E-state index in [1.165, 1.54) is 0 Å². The largest absolute Gasteiger partial charge is 0.481 e. The molecule has 0 aliphatic carbocycles. The second kappa shape index (κ2) is 10.8. The number of carbonyl (C=O) groups is 2. The number of amides is 1. The van der Waals surface area contributed by atoms with Gasteiger partial charge in [0.15, 0.2) is 0 Å². The van der Waals surface area contributed by atoms with Crippen LogP contribution in [0.1, 0.15) is 46.0 Å². The van der Waals surface area contributed by atoms with Crippen molar-refractivity contribution in [2.24, 2.45) is 11.8 Å². The summed E-state index contributed by atoms with van der Waals surface area (Å²) < 4.78 is 0. The van der Waals surface area contributed by atoms with Crippen LogP contribution in [0, 0.1) is 11.8 Å². The Bertz CT molecular complexity index is 269. The van der Waals surface area contributed by atoms with E-state index in [2.05, 4.69) is 17.6 Å². The molecule has 0 saturated heterocycles. The number of nitrogens with one attached hydrogen (secondary N) is 2. The molecule has 2 atom stereocenters. The average molecular weight is 272 g/mol. The molecule has 19 heavy (non-hydrogen) atoms. The van der Waals surface area contributed by atoms with Gasteiger partial charge in [-0.1, -0.05) is 26.7 Å². The van der Waals surface area contributed by atoms with Gasteiger partial charge in [0.05, 0.1) is 0 Å². The van der Waals surface area contributed by atoms with Crippen LogP contribution < -0.4 is 10.6 Å². The molecule has 0 aliphatic rings. The Morgan fingerprint density at radius 2 is 1.89 bits per heavy atom. The summed E-state index contributed by atoms with van der Waals surface area (Å²) in [5.74, 6) is -0.328. The van der Waals surface area contributed by atoms with Crippen molar-refractivity contribution in [3.63, 3.8) is 0 Å². The molecule has 0 aromatic carbocycles. The molecule has 0 aromatic heterocycles. The molecular weight excluding hydrogens is 244 g/mol. The summed E-state index contributed by atoms with van der Waals surface area (Å²) >= 11 is 0. The van der Waals surface area contributed by atoms with Gasteiger partial charge in [0, 0.05) is 25.4 Å². The van der Waals surface area contributed by atoms with Crippen LogP contribution in [0.2, 0.25) is 0 Å². The van der Waals surface area contributed by atoms with Gasteiger partial charge in [-0.25, -0.2) is 0 Å². The highest BCUT2D eigenvalue weighted by atomic mass is 16.4. The average Bonchev–Trinajstić information content (AvgIpc) is 2.35. The standard InChI is InChI=1S/C14H28N2O3/c1-4-5-12(6-7-13(17)18)8-9-16-14(19)11(2)10-15-3/h11-12,15H,4-10H2,1-3H3,(H,16,19)(H,17,18). The van der Waals surface area contributed by atoms with Gasteiger partial charge < -0.3 is 15.7 Å². The molecule has 0 bridgehead atoms. The molecular formula is C14H28N2O3. The maximum atomic E-state index is 11.7. The first-order chi connectivity index (χ1) is 9.01. The molecule has 0 saturated carbocycles. The molecule has 0 radical (unpaired) electrons. The fraction of sp³-hybridized carbons (Fsp3) is 0.857. The molecule has 0 fully saturated rings. The van der Waals surface area contributed by atoms with Gasteiger partial charge in [-0.2, -0.15) is 0 Å². The topological polar surface area (TPSA) is 78.4 Å². The summed E-state index contributed by atoms with van der Waals surface area (Å²) in [7, 11) is 1.83. The zero-order valence-corrected chi connectivity index (χ0v) is 12.4. The zero-order chi connectivity index (χ0) is 14.7. The lowest BCUT2D eigenvalue weighted by molar-refractivity contribution is -0.137. The Morgan fingerprint density at radius 1 is 1.21 bits per heavy atom. The first-order valence-electron chi connectivity index (χ1n) is 7.15. The minimum absolute atomic E-state index is 0.0337. The van der Waals surface area contributed by atoms with Crippen molar-refractivity contribution in [1.82, 2.24) is 10.6 Å². The molecule has 3 N–H and O–H groups in total. The lowest BCUT2D eigenvalue weighted by Gasteiger charge is -2.17. The predicted octanol–water partition coefficient (Wildman–Crippen LogP) is 1.63. The van der Waals surface area contributed by atoms with E-state index in [1.807, 2.05) is 14.0 Å². The van der Waals surface area contributed by atoms with Gasteiger partial charge >= 0.3 is 5.97 Å². The van der Waals surface area contributed by atoms with E-state index in [0.717, 1.165) is 19.3 Å². The fourth-order valence-corrected chi connectivity index (χ4v) is 2.14. The van der Waals surface area contributed by atoms with Crippen LogP contribution in [0.4, 0.5) is 0 Å². The normalized spacial score (nSPS) is 13.8. The van der Waals surface area contributed by atoms with Gasteiger partial charge in [0.25, 0.3) is 0 Å². The van der Waals surface area contributed by atoms with Gasteiger partial charge in [0.2, 0.25) is 5.91 Å². The second-order valence-corrected chi connectivity index (χ2v) is 5.13. The van der Waals surface area contributed by atoms with Crippen LogP contribution in [-0.4, -0.2) is 37.1 Å². The van der Waals surface area contributed by atoms with Crippen molar-refractivity contribution in [3.8, 4) is 0 Å². The summed E-state index contributed by atoms with van der Waals surface area (Å²) in [6, 6.07) is 0. The van der Waals surface area contributed by atoms with Crippen molar-refractivity contribution in [3.05, 3.63) is 0 Å². The maximum absolute atomic E-state index is 11.7. The molecule has 5 nitrogen and oxygen atoms in total. The lowest BCUT2D eigenvalue weighted by atomic mass is 9.94. The highest BCUT2D eigenvalue weighted by Crippen LogP contribution is 2.17. The highest BCUT2D eigenvalue weighted by molar-refractivity contribution is 5.78. The summed E-state index contributed by atoms with van der Waals surface area (Å²) in [6.45, 7) is 5.29. The Kier molecular flexibility index (Phi) is 10.2. The summed E-state index contributed by atoms with van der Waals surface area (Å²) in [5, 5.41) is 14.6. The third kappa shape index (κ3) is 9.47. The zero-order valence-electron chi connectivity index (χ0n) is 12.4. The molecule has 2 unspecified atom stereocenters. The molecule has 112 valence electrons. The fourth-order valence-electron chi connectivity index (χ4n) is 2.14. The summed E-state index contributed by atoms with van der Waals surface area (Å²) in [4.78, 5) is 22.3. The minimum Gasteiger partial charge on any atom is -0.481 e. The van der Waals surface area contributed by atoms with Crippen LogP contribution >= 0.6 is 0 Å². The second-order valence-electron chi connectivity index (χ2n) is 5.13. The van der Waals surface area contributed by atoms with Crippen LogP contribution in [0.5, 0.6) is 0 Å². The molecule has 5 heteroatoms. The van der Waals surface area contributed by atoms with Crippen LogP contribution in [0.3, 0.4) is 0 Å². The van der Waals surface area contributed by atoms with E-state index >= 15 is 0 Å². The molecule has 0 spiro atoms. The van der Waals surface area contributed by atoms with E-state index in [0.29, 0.717) is 25.4 Å². The van der Waals surface area contributed by atoms with E-state index in [9.17, 15) is 9.59 Å². The summed E-state index contributed by atoms with van der Waals surface area (Å²) in [5.41, 5.74) is 0.